The van der Waals surface area contributed by atoms with Gasteiger partial charge in [-0.2, -0.15) is 0 Å². The van der Waals surface area contributed by atoms with Crippen molar-refractivity contribution in [1.82, 2.24) is 14.8 Å². The number of thioether (sulfide) groups is 2. The smallest absolute Gasteiger partial charge is 0.335 e. The molecule has 0 bridgehead atoms. The summed E-state index contributed by atoms with van der Waals surface area (Å²) in [5.41, 5.74) is 1.77. The highest BCUT2D eigenvalue weighted by molar-refractivity contribution is 7.99. The predicted molar refractivity (Wildman–Crippen MR) is 124 cm³/mol. The molecule has 0 aliphatic carbocycles. The van der Waals surface area contributed by atoms with Crippen LogP contribution in [0.3, 0.4) is 0 Å². The number of hydrogen-bond acceptors (Lipinski definition) is 6. The van der Waals surface area contributed by atoms with Crippen LogP contribution in [0.25, 0.3) is 0 Å². The van der Waals surface area contributed by atoms with Gasteiger partial charge < -0.3 is 15.0 Å². The van der Waals surface area contributed by atoms with Crippen molar-refractivity contribution < 1.29 is 14.7 Å². The molecular formula is C22H22N4O3S2. The highest BCUT2D eigenvalue weighted by atomic mass is 32.2. The Morgan fingerprint density at radius 2 is 1.94 bits per heavy atom. The van der Waals surface area contributed by atoms with Gasteiger partial charge in [-0.05, 0) is 37.3 Å². The minimum Gasteiger partial charge on any atom is -0.478 e. The number of allylic oxidation sites excluding steroid dienone is 1. The van der Waals surface area contributed by atoms with Crippen molar-refractivity contribution in [3.63, 3.8) is 0 Å². The SMILES string of the molecule is C=CCn1c(CSc2ccc(C)cc2)nnc1SCC(=O)Nc1cccc(C(=O)O)c1. The van der Waals surface area contributed by atoms with E-state index in [4.69, 9.17) is 5.11 Å². The number of carboxylic acid groups (broad SMARTS) is 1. The molecule has 0 radical (unpaired) electrons. The lowest BCUT2D eigenvalue weighted by Crippen LogP contribution is -2.15. The number of anilines is 1. The van der Waals surface area contributed by atoms with Gasteiger partial charge in [-0.3, -0.25) is 4.79 Å². The van der Waals surface area contributed by atoms with E-state index >= 15 is 0 Å². The first-order chi connectivity index (χ1) is 15.0. The molecule has 160 valence electrons. The monoisotopic (exact) mass is 454 g/mol. The van der Waals surface area contributed by atoms with Crippen LogP contribution >= 0.6 is 23.5 Å². The van der Waals surface area contributed by atoms with Crippen molar-refractivity contribution in [3.8, 4) is 0 Å². The maximum atomic E-state index is 12.3. The van der Waals surface area contributed by atoms with E-state index in [-0.39, 0.29) is 17.2 Å². The molecule has 1 heterocycles. The first-order valence-corrected chi connectivity index (χ1v) is 11.4. The zero-order valence-electron chi connectivity index (χ0n) is 16.9. The molecule has 0 aliphatic heterocycles. The molecule has 3 rings (SSSR count). The standard InChI is InChI=1S/C22H22N4O3S2/c1-3-11-26-19(13-30-18-9-7-15(2)8-10-18)24-25-22(26)31-14-20(27)23-17-6-4-5-16(12-17)21(28)29/h3-10,12H,1,11,13-14H2,2H3,(H,23,27)(H,28,29). The zero-order valence-corrected chi connectivity index (χ0v) is 18.6. The molecule has 1 aromatic heterocycles. The Kier molecular flexibility index (Phi) is 7.91. The first-order valence-electron chi connectivity index (χ1n) is 9.44. The molecule has 31 heavy (non-hydrogen) atoms. The highest BCUT2D eigenvalue weighted by Crippen LogP contribution is 2.25. The molecule has 3 aromatic rings. The molecule has 9 heteroatoms. The van der Waals surface area contributed by atoms with E-state index in [0.29, 0.717) is 23.1 Å². The number of carboxylic acids is 1. The van der Waals surface area contributed by atoms with Gasteiger partial charge >= 0.3 is 5.97 Å². The van der Waals surface area contributed by atoms with Crippen molar-refractivity contribution in [2.45, 2.75) is 29.3 Å². The number of benzene rings is 2. The van der Waals surface area contributed by atoms with E-state index in [1.54, 1.807) is 30.0 Å². The summed E-state index contributed by atoms with van der Waals surface area (Å²) in [6.07, 6.45) is 1.77. The summed E-state index contributed by atoms with van der Waals surface area (Å²) in [5.74, 6) is 0.286. The third-order valence-electron chi connectivity index (χ3n) is 4.22. The number of carbonyl (C=O) groups is 2. The topological polar surface area (TPSA) is 97.1 Å². The Labute approximate surface area is 189 Å². The number of carbonyl (C=O) groups excluding carboxylic acids is 1. The largest absolute Gasteiger partial charge is 0.478 e. The highest BCUT2D eigenvalue weighted by Gasteiger charge is 2.14. The number of aryl methyl sites for hydroxylation is 1. The molecule has 2 N–H and O–H groups in total. The van der Waals surface area contributed by atoms with Gasteiger partial charge in [-0.25, -0.2) is 4.79 Å². The molecule has 2 aromatic carbocycles. The molecule has 0 atom stereocenters. The minimum atomic E-state index is -1.04. The summed E-state index contributed by atoms with van der Waals surface area (Å²) >= 11 is 2.94. The van der Waals surface area contributed by atoms with Crippen LogP contribution in [0.1, 0.15) is 21.7 Å². The number of aromatic nitrogens is 3. The van der Waals surface area contributed by atoms with Crippen molar-refractivity contribution in [1.29, 1.82) is 0 Å². The van der Waals surface area contributed by atoms with E-state index < -0.39 is 5.97 Å². The number of amides is 1. The van der Waals surface area contributed by atoms with Gasteiger partial charge in [0.05, 0.1) is 17.1 Å². The van der Waals surface area contributed by atoms with Gasteiger partial charge in [0.1, 0.15) is 5.82 Å². The summed E-state index contributed by atoms with van der Waals surface area (Å²) < 4.78 is 1.94. The Balaban J connectivity index is 1.61. The molecule has 0 saturated carbocycles. The van der Waals surface area contributed by atoms with Crippen LogP contribution in [0.15, 0.2) is 71.2 Å². The van der Waals surface area contributed by atoms with Crippen molar-refractivity contribution in [2.75, 3.05) is 11.1 Å². The Bertz CT molecular complexity index is 1080. The minimum absolute atomic E-state index is 0.117. The summed E-state index contributed by atoms with van der Waals surface area (Å²) in [6.45, 7) is 6.40. The summed E-state index contributed by atoms with van der Waals surface area (Å²) in [6, 6.07) is 14.4. The number of nitrogens with one attached hydrogen (secondary N) is 1. The van der Waals surface area contributed by atoms with Gasteiger partial charge in [0.15, 0.2) is 5.16 Å². The van der Waals surface area contributed by atoms with Crippen LogP contribution in [0.2, 0.25) is 0 Å². The molecule has 1 amide bonds. The summed E-state index contributed by atoms with van der Waals surface area (Å²) in [4.78, 5) is 24.5. The molecule has 7 nitrogen and oxygen atoms in total. The fraction of sp³-hybridized carbons (Fsp3) is 0.182. The van der Waals surface area contributed by atoms with Crippen LogP contribution in [-0.4, -0.2) is 37.5 Å². The second-order valence-corrected chi connectivity index (χ2v) is 8.61. The number of aromatic carboxylic acids is 1. The molecule has 0 spiro atoms. The third kappa shape index (κ3) is 6.47. The van der Waals surface area contributed by atoms with E-state index in [0.717, 1.165) is 10.7 Å². The zero-order chi connectivity index (χ0) is 22.2. The Morgan fingerprint density at radius 1 is 1.16 bits per heavy atom. The second-order valence-electron chi connectivity index (χ2n) is 6.62. The Morgan fingerprint density at radius 3 is 2.65 bits per heavy atom. The number of nitrogens with zero attached hydrogens (tertiary/aromatic N) is 3. The summed E-state index contributed by atoms with van der Waals surface area (Å²) in [7, 11) is 0. The second kappa shape index (κ2) is 10.8. The maximum Gasteiger partial charge on any atom is 0.335 e. The molecule has 0 saturated heterocycles. The number of rotatable bonds is 10. The molecular weight excluding hydrogens is 432 g/mol. The predicted octanol–water partition coefficient (Wildman–Crippen LogP) is 4.49. The van der Waals surface area contributed by atoms with Crippen molar-refractivity contribution >= 4 is 41.1 Å². The van der Waals surface area contributed by atoms with Crippen LogP contribution in [0.4, 0.5) is 5.69 Å². The first kappa shape index (κ1) is 22.6. The molecule has 0 unspecified atom stereocenters. The molecule has 0 fully saturated rings. The van der Waals surface area contributed by atoms with E-state index in [9.17, 15) is 9.59 Å². The fourth-order valence-electron chi connectivity index (χ4n) is 2.68. The van der Waals surface area contributed by atoms with Crippen LogP contribution in [0, 0.1) is 6.92 Å². The fourth-order valence-corrected chi connectivity index (χ4v) is 4.29. The van der Waals surface area contributed by atoms with Gasteiger partial charge in [0.2, 0.25) is 5.91 Å². The van der Waals surface area contributed by atoms with Crippen molar-refractivity contribution in [2.24, 2.45) is 0 Å². The summed E-state index contributed by atoms with van der Waals surface area (Å²) in [5, 5.41) is 20.9. The maximum absolute atomic E-state index is 12.3. The lowest BCUT2D eigenvalue weighted by molar-refractivity contribution is -0.113. The van der Waals surface area contributed by atoms with Gasteiger partial charge in [0, 0.05) is 17.1 Å². The van der Waals surface area contributed by atoms with Gasteiger partial charge in [-0.15, -0.1) is 28.5 Å². The third-order valence-corrected chi connectivity index (χ3v) is 6.19. The Hall–Kier alpha value is -3.04. The quantitative estimate of drug-likeness (QED) is 0.344. The lowest BCUT2D eigenvalue weighted by Gasteiger charge is -2.08. The van der Waals surface area contributed by atoms with Gasteiger partial charge in [0.25, 0.3) is 0 Å². The average molecular weight is 455 g/mol. The normalized spacial score (nSPS) is 10.6. The molecule has 0 aliphatic rings. The van der Waals surface area contributed by atoms with Crippen LogP contribution < -0.4 is 5.32 Å². The van der Waals surface area contributed by atoms with Crippen LogP contribution in [0.5, 0.6) is 0 Å². The van der Waals surface area contributed by atoms with E-state index in [1.807, 2.05) is 4.57 Å². The van der Waals surface area contributed by atoms with Crippen molar-refractivity contribution in [3.05, 3.63) is 78.1 Å². The van der Waals surface area contributed by atoms with Gasteiger partial charge in [-0.1, -0.05) is 41.6 Å². The van der Waals surface area contributed by atoms with E-state index in [1.165, 1.54) is 29.5 Å². The average Bonchev–Trinajstić information content (AvgIpc) is 3.14. The van der Waals surface area contributed by atoms with Crippen LogP contribution in [-0.2, 0) is 17.1 Å². The van der Waals surface area contributed by atoms with E-state index in [2.05, 4.69) is 53.3 Å². The lowest BCUT2D eigenvalue weighted by atomic mass is 10.2. The number of hydrogen-bond donors (Lipinski definition) is 2.